The number of unbranched alkanes of at least 4 members (excludes halogenated alkanes) is 1. The summed E-state index contributed by atoms with van der Waals surface area (Å²) in [4.78, 5) is 2.37. The number of benzene rings is 1. The molecule has 1 nitrogen and oxygen atoms in total. The zero-order valence-corrected chi connectivity index (χ0v) is 10.2. The predicted molar refractivity (Wildman–Crippen MR) is 67.6 cm³/mol. The molecule has 0 saturated carbocycles. The highest BCUT2D eigenvalue weighted by Gasteiger charge is 1.98. The normalized spacial score (nSPS) is 10.9. The van der Waals surface area contributed by atoms with Crippen molar-refractivity contribution in [3.63, 3.8) is 0 Å². The lowest BCUT2D eigenvalue weighted by molar-refractivity contribution is 0.332. The molecule has 0 heterocycles. The predicted octanol–water partition coefficient (Wildman–Crippen LogP) is 3.18. The molecule has 15 heavy (non-hydrogen) atoms. The lowest BCUT2D eigenvalue weighted by atomic mass is 10.1. The Morgan fingerprint density at radius 1 is 1.07 bits per heavy atom. The standard InChI is InChI=1S/C13H20ClN/c1-15(11-6-5-10-14)12-9-13-7-3-2-4-8-13/h2-4,7-8H,5-6,9-12H2,1H3. The lowest BCUT2D eigenvalue weighted by Crippen LogP contribution is -2.22. The Morgan fingerprint density at radius 3 is 2.47 bits per heavy atom. The summed E-state index contributed by atoms with van der Waals surface area (Å²) in [6, 6.07) is 10.6. The molecule has 1 rings (SSSR count). The molecular formula is C13H20ClN. The first-order valence-corrected chi connectivity index (χ1v) is 6.15. The van der Waals surface area contributed by atoms with Gasteiger partial charge in [0.2, 0.25) is 0 Å². The van der Waals surface area contributed by atoms with Crippen LogP contribution in [0.15, 0.2) is 30.3 Å². The molecule has 0 bridgehead atoms. The maximum Gasteiger partial charge on any atom is 0.0223 e. The maximum absolute atomic E-state index is 5.64. The Kier molecular flexibility index (Phi) is 6.45. The summed E-state index contributed by atoms with van der Waals surface area (Å²) >= 11 is 5.64. The average molecular weight is 226 g/mol. The third kappa shape index (κ3) is 5.81. The minimum Gasteiger partial charge on any atom is -0.306 e. The van der Waals surface area contributed by atoms with Crippen LogP contribution in [0.4, 0.5) is 0 Å². The van der Waals surface area contributed by atoms with Crippen LogP contribution in [-0.4, -0.2) is 30.9 Å². The fourth-order valence-electron chi connectivity index (χ4n) is 1.55. The average Bonchev–Trinajstić information content (AvgIpc) is 2.28. The largest absolute Gasteiger partial charge is 0.306 e. The van der Waals surface area contributed by atoms with Crippen molar-refractivity contribution in [1.29, 1.82) is 0 Å². The minimum atomic E-state index is 0.784. The second-order valence-electron chi connectivity index (χ2n) is 3.93. The maximum atomic E-state index is 5.64. The fourth-order valence-corrected chi connectivity index (χ4v) is 1.74. The number of nitrogens with zero attached hydrogens (tertiary/aromatic N) is 1. The number of alkyl halides is 1. The van der Waals surface area contributed by atoms with Gasteiger partial charge in [-0.3, -0.25) is 0 Å². The van der Waals surface area contributed by atoms with Crippen LogP contribution in [0.5, 0.6) is 0 Å². The molecule has 0 radical (unpaired) electrons. The van der Waals surface area contributed by atoms with Crippen LogP contribution in [-0.2, 0) is 6.42 Å². The number of rotatable bonds is 7. The molecular weight excluding hydrogens is 206 g/mol. The van der Waals surface area contributed by atoms with Gasteiger partial charge in [-0.25, -0.2) is 0 Å². The van der Waals surface area contributed by atoms with Gasteiger partial charge in [0.1, 0.15) is 0 Å². The van der Waals surface area contributed by atoms with Crippen molar-refractivity contribution >= 4 is 11.6 Å². The zero-order valence-electron chi connectivity index (χ0n) is 9.45. The summed E-state index contributed by atoms with van der Waals surface area (Å²) in [5.74, 6) is 0.784. The molecule has 2 heteroatoms. The van der Waals surface area contributed by atoms with Gasteiger partial charge in [-0.2, -0.15) is 0 Å². The SMILES string of the molecule is CN(CCCCCl)CCc1ccccc1. The van der Waals surface area contributed by atoms with Gasteiger partial charge in [-0.15, -0.1) is 11.6 Å². The summed E-state index contributed by atoms with van der Waals surface area (Å²) in [6.45, 7) is 2.28. The molecule has 0 aromatic heterocycles. The van der Waals surface area contributed by atoms with Crippen molar-refractivity contribution in [3.8, 4) is 0 Å². The van der Waals surface area contributed by atoms with Crippen LogP contribution < -0.4 is 0 Å². The van der Waals surface area contributed by atoms with Crippen molar-refractivity contribution in [1.82, 2.24) is 4.90 Å². The second kappa shape index (κ2) is 7.72. The van der Waals surface area contributed by atoms with Crippen molar-refractivity contribution in [2.45, 2.75) is 19.3 Å². The van der Waals surface area contributed by atoms with E-state index in [1.165, 1.54) is 12.0 Å². The summed E-state index contributed by atoms with van der Waals surface area (Å²) in [7, 11) is 2.18. The van der Waals surface area contributed by atoms with E-state index >= 15 is 0 Å². The van der Waals surface area contributed by atoms with Crippen molar-refractivity contribution in [3.05, 3.63) is 35.9 Å². The molecule has 1 aromatic carbocycles. The number of halogens is 1. The van der Waals surface area contributed by atoms with Crippen LogP contribution in [0.2, 0.25) is 0 Å². The van der Waals surface area contributed by atoms with Gasteiger partial charge < -0.3 is 4.90 Å². The van der Waals surface area contributed by atoms with Gasteiger partial charge in [-0.1, -0.05) is 30.3 Å². The van der Waals surface area contributed by atoms with E-state index in [1.54, 1.807) is 0 Å². The Morgan fingerprint density at radius 2 is 1.80 bits per heavy atom. The summed E-state index contributed by atoms with van der Waals surface area (Å²) in [6.07, 6.45) is 3.46. The van der Waals surface area contributed by atoms with E-state index < -0.39 is 0 Å². The summed E-state index contributed by atoms with van der Waals surface area (Å²) in [5.41, 5.74) is 1.42. The highest BCUT2D eigenvalue weighted by molar-refractivity contribution is 6.17. The van der Waals surface area contributed by atoms with E-state index in [9.17, 15) is 0 Å². The minimum absolute atomic E-state index is 0.784. The van der Waals surface area contributed by atoms with E-state index in [2.05, 4.69) is 42.3 Å². The molecule has 0 saturated heterocycles. The van der Waals surface area contributed by atoms with Gasteiger partial charge in [0.25, 0.3) is 0 Å². The van der Waals surface area contributed by atoms with Crippen LogP contribution in [0.3, 0.4) is 0 Å². The topological polar surface area (TPSA) is 3.24 Å². The van der Waals surface area contributed by atoms with Crippen LogP contribution >= 0.6 is 11.6 Å². The molecule has 1 aromatic rings. The molecule has 84 valence electrons. The first kappa shape index (κ1) is 12.5. The molecule has 0 amide bonds. The molecule has 0 aliphatic carbocycles. The highest BCUT2D eigenvalue weighted by Crippen LogP contribution is 2.01. The van der Waals surface area contributed by atoms with Crippen LogP contribution in [0.25, 0.3) is 0 Å². The zero-order chi connectivity index (χ0) is 10.9. The summed E-state index contributed by atoms with van der Waals surface area (Å²) < 4.78 is 0. The van der Waals surface area contributed by atoms with Crippen molar-refractivity contribution < 1.29 is 0 Å². The monoisotopic (exact) mass is 225 g/mol. The smallest absolute Gasteiger partial charge is 0.0223 e. The lowest BCUT2D eigenvalue weighted by Gasteiger charge is -2.15. The highest BCUT2D eigenvalue weighted by atomic mass is 35.5. The third-order valence-corrected chi connectivity index (χ3v) is 2.82. The Bertz CT molecular complexity index is 248. The molecule has 0 aliphatic rings. The first-order chi connectivity index (χ1) is 7.33. The van der Waals surface area contributed by atoms with E-state index in [0.29, 0.717) is 0 Å². The van der Waals surface area contributed by atoms with E-state index in [1.807, 2.05) is 0 Å². The van der Waals surface area contributed by atoms with E-state index in [4.69, 9.17) is 11.6 Å². The van der Waals surface area contributed by atoms with Gasteiger partial charge in [-0.05, 0) is 38.4 Å². The van der Waals surface area contributed by atoms with Crippen LogP contribution in [0.1, 0.15) is 18.4 Å². The Hall–Kier alpha value is -0.530. The Labute approximate surface area is 98.0 Å². The molecule has 0 atom stereocenters. The van der Waals surface area contributed by atoms with Crippen LogP contribution in [0, 0.1) is 0 Å². The van der Waals surface area contributed by atoms with Gasteiger partial charge in [0, 0.05) is 12.4 Å². The van der Waals surface area contributed by atoms with Gasteiger partial charge >= 0.3 is 0 Å². The summed E-state index contributed by atoms with van der Waals surface area (Å²) in [5, 5.41) is 0. The first-order valence-electron chi connectivity index (χ1n) is 5.61. The third-order valence-electron chi connectivity index (χ3n) is 2.55. The van der Waals surface area contributed by atoms with Crippen molar-refractivity contribution in [2.24, 2.45) is 0 Å². The molecule has 0 aliphatic heterocycles. The molecule has 0 fully saturated rings. The second-order valence-corrected chi connectivity index (χ2v) is 4.31. The number of likely N-dealkylation sites (N-methyl/N-ethyl adjacent to an activating group) is 1. The van der Waals surface area contributed by atoms with Crippen molar-refractivity contribution in [2.75, 3.05) is 26.0 Å². The van der Waals surface area contributed by atoms with E-state index in [-0.39, 0.29) is 0 Å². The Balaban J connectivity index is 2.14. The number of hydrogen-bond donors (Lipinski definition) is 0. The molecule has 0 N–H and O–H groups in total. The number of hydrogen-bond acceptors (Lipinski definition) is 1. The van der Waals surface area contributed by atoms with Gasteiger partial charge in [0.05, 0.1) is 0 Å². The molecule has 0 spiro atoms. The molecule has 0 unspecified atom stereocenters. The van der Waals surface area contributed by atoms with Gasteiger partial charge in [0.15, 0.2) is 0 Å². The fraction of sp³-hybridized carbons (Fsp3) is 0.538. The quantitative estimate of drug-likeness (QED) is 0.509. The van der Waals surface area contributed by atoms with E-state index in [0.717, 1.165) is 31.8 Å².